The number of hydrogen-bond acceptors (Lipinski definition) is 23. The van der Waals surface area contributed by atoms with E-state index in [4.69, 9.17) is 52.9 Å². The highest BCUT2D eigenvalue weighted by Gasteiger charge is 2.36. The Balaban J connectivity index is 0.000000286. The van der Waals surface area contributed by atoms with Crippen LogP contribution < -0.4 is 68.8 Å². The van der Waals surface area contributed by atoms with E-state index in [1.807, 2.05) is 85.7 Å². The van der Waals surface area contributed by atoms with Gasteiger partial charge in [-0.15, -0.1) is 71.4 Å². The number of benzene rings is 5. The Labute approximate surface area is 782 Å². The second kappa shape index (κ2) is 50.6. The Morgan fingerprint density at radius 3 is 1.02 bits per heavy atom. The first-order valence-electron chi connectivity index (χ1n) is 38.4. The fourth-order valence-electron chi connectivity index (χ4n) is 11.6. The van der Waals surface area contributed by atoms with Crippen LogP contribution in [0.15, 0.2) is 158 Å². The second-order valence-corrected chi connectivity index (χ2v) is 37.1. The predicted molar refractivity (Wildman–Crippen MR) is 485 cm³/mol. The lowest BCUT2D eigenvalue weighted by atomic mass is 9.79. The Kier molecular flexibility index (Phi) is 43.0. The molecule has 712 valence electrons. The maximum absolute atomic E-state index is 12.6. The topological polar surface area (TPSA) is 261 Å². The summed E-state index contributed by atoms with van der Waals surface area (Å²) in [5.74, 6) is 2.17. The second-order valence-electron chi connectivity index (χ2n) is 29.0. The van der Waals surface area contributed by atoms with E-state index in [0.717, 1.165) is 76.6 Å². The molecule has 10 aromatic rings. The van der Waals surface area contributed by atoms with Gasteiger partial charge in [0.15, 0.2) is 0 Å². The van der Waals surface area contributed by atoms with Crippen molar-refractivity contribution in [2.24, 2.45) is 0 Å². The van der Waals surface area contributed by atoms with E-state index in [2.05, 4.69) is 154 Å². The van der Waals surface area contributed by atoms with Gasteiger partial charge in [0.1, 0.15) is 80.5 Å². The van der Waals surface area contributed by atoms with Crippen LogP contribution >= 0.6 is 63.7 Å². The summed E-state index contributed by atoms with van der Waals surface area (Å²) in [4.78, 5) is 22.1. The third-order valence-electron chi connectivity index (χ3n) is 16.9. The maximum atomic E-state index is 12.6. The summed E-state index contributed by atoms with van der Waals surface area (Å²) < 4.78 is 248. The van der Waals surface area contributed by atoms with Crippen LogP contribution in [-0.4, -0.2) is 177 Å². The molecule has 131 heavy (non-hydrogen) atoms. The SMILES string of the molecule is COC[C@H](C)Nc1cc(C)c(-c2ccc(OC(F)(F)F)cc2OC)nc1Br.COC[C@H](C)Nc1cc(C)c(-c2ccc(OC(F)(F)F)cc2OC)nc1C#C[Si](C)(C)C.COC[C@H](C)Nc1cnc(-c2ccc(OC(F)(F)F)cc2OC)c(C)c1.COc1cc(OC(F)(F)F)ccc1-c1ncc(Br)cc1C.COc1cc(OC(F)(F)F)ccc1B(O)O.Cc1cc(Br)cnc1Br. The molecule has 0 amide bonds. The molecule has 5 aromatic carbocycles. The summed E-state index contributed by atoms with van der Waals surface area (Å²) in [6.07, 6.45) is -18.8. The molecule has 3 atom stereocenters. The van der Waals surface area contributed by atoms with Crippen molar-refractivity contribution in [2.45, 2.75) is 125 Å². The molecule has 23 nitrogen and oxygen atoms in total. The van der Waals surface area contributed by atoms with Crippen LogP contribution in [0.2, 0.25) is 19.6 Å². The summed E-state index contributed by atoms with van der Waals surface area (Å²) in [5, 5.41) is 27.7. The monoisotopic (exact) mass is 2130 g/mol. The van der Waals surface area contributed by atoms with Gasteiger partial charge < -0.3 is 87.6 Å². The van der Waals surface area contributed by atoms with Crippen molar-refractivity contribution in [2.75, 3.05) is 92.6 Å². The molecule has 0 unspecified atom stereocenters. The van der Waals surface area contributed by atoms with Crippen molar-refractivity contribution in [3.63, 3.8) is 0 Å². The largest absolute Gasteiger partial charge is 0.573 e. The van der Waals surface area contributed by atoms with E-state index in [-0.39, 0.29) is 75.3 Å². The Bertz CT molecular complexity index is 5470. The summed E-state index contributed by atoms with van der Waals surface area (Å²) in [6.45, 7) is 23.4. The molecule has 0 saturated carbocycles. The van der Waals surface area contributed by atoms with Gasteiger partial charge in [-0.2, -0.15) is 0 Å². The number of aryl methyl sites for hydroxylation is 5. The molecule has 5 heterocycles. The van der Waals surface area contributed by atoms with Gasteiger partial charge in [0.2, 0.25) is 0 Å². The number of alkyl halides is 15. The number of nitrogens with one attached hydrogen (secondary N) is 3. The highest BCUT2D eigenvalue weighted by Crippen LogP contribution is 2.43. The molecule has 5 aromatic heterocycles. The van der Waals surface area contributed by atoms with Crippen molar-refractivity contribution in [1.29, 1.82) is 0 Å². The maximum Gasteiger partial charge on any atom is 0.573 e. The molecule has 10 rings (SSSR count). The highest BCUT2D eigenvalue weighted by molar-refractivity contribution is 9.11. The number of anilines is 3. The molecular formula is C87H94BBr4F15N8O15Si. The number of ether oxygens (including phenoxy) is 13. The quantitative estimate of drug-likeness (QED) is 0.0139. The van der Waals surface area contributed by atoms with Gasteiger partial charge in [0.25, 0.3) is 0 Å². The van der Waals surface area contributed by atoms with E-state index < -0.39 is 52.8 Å². The minimum atomic E-state index is -4.80. The third kappa shape index (κ3) is 38.5. The van der Waals surface area contributed by atoms with Crippen molar-refractivity contribution in [3.05, 3.63) is 192 Å². The molecule has 0 fully saturated rings. The normalized spacial score (nSPS) is 12.0. The first-order valence-corrected chi connectivity index (χ1v) is 45.1. The molecule has 0 spiro atoms. The standard InChI is InChI=1S/C23H29F3N2O3Si.C18H20BrF3N2O3.C18H21F3N2O3.C14H11BrF3NO2.C8H8BF3O4.C6H5Br2N/c1-15-12-20(27-16(2)14-29-3)19(10-11-32(5,6)7)28-22(15)18-9-8-17(13-21(18)30-4)31-23(24,25)26;1-10-7-14(23-11(2)9-25-3)17(19)24-16(10)13-6-5-12(8-15(13)26-4)27-18(20,21)22;1-11-7-13(23-12(2)10-24-3)9-22-17(11)15-6-5-14(8-16(15)25-4)26-18(19,20)21;1-8-5-9(15)7-19-13(8)11-4-3-10(6-12(11)20-2)21-14(16,17)18;1-15-7-4-5(16-8(10,11)12)2-3-6(7)9(13)14;1-4-2-5(7)3-9-6(4)8/h8-9,12-13,16,27H,14H2,1-7H3;5-8,11,23H,9H2,1-4H3;5-9,12,23H,10H2,1-4H3;3-7H,1-2H3;2-4,13-14H,1H3;2-3H,1H3/t16-;11-;12-;;;/m000.../s1. The van der Waals surface area contributed by atoms with E-state index in [0.29, 0.717) is 75.1 Å². The molecule has 0 saturated heterocycles. The lowest BCUT2D eigenvalue weighted by Gasteiger charge is -2.19. The summed E-state index contributed by atoms with van der Waals surface area (Å²) >= 11 is 13.4. The summed E-state index contributed by atoms with van der Waals surface area (Å²) in [5.41, 5.74) is 15.4. The van der Waals surface area contributed by atoms with Crippen LogP contribution in [0.3, 0.4) is 0 Å². The number of methoxy groups -OCH3 is 8. The molecule has 5 N–H and O–H groups in total. The average molecular weight is 2140 g/mol. The van der Waals surface area contributed by atoms with E-state index >= 15 is 0 Å². The summed E-state index contributed by atoms with van der Waals surface area (Å²) in [7, 11) is 8.11. The van der Waals surface area contributed by atoms with Gasteiger partial charge in [-0.25, -0.2) is 15.0 Å². The smallest absolute Gasteiger partial charge is 0.497 e. The fourth-order valence-corrected chi connectivity index (χ4v) is 13.6. The zero-order chi connectivity index (χ0) is 98.4. The van der Waals surface area contributed by atoms with Crippen LogP contribution in [0, 0.1) is 46.1 Å². The molecule has 0 aliphatic heterocycles. The first-order chi connectivity index (χ1) is 61.0. The third-order valence-corrected chi connectivity index (χ3v) is 20.0. The van der Waals surface area contributed by atoms with Crippen molar-refractivity contribution < 1.29 is 137 Å². The van der Waals surface area contributed by atoms with Crippen LogP contribution in [0.4, 0.5) is 82.9 Å². The number of rotatable bonds is 27. The van der Waals surface area contributed by atoms with Gasteiger partial charge in [-0.1, -0.05) is 31.6 Å². The fraction of sp³-hybridized carbons (Fsp3) is 0.345. The predicted octanol–water partition coefficient (Wildman–Crippen LogP) is 23.1. The number of nitrogens with zero attached hydrogens (tertiary/aromatic N) is 5. The van der Waals surface area contributed by atoms with Gasteiger partial charge in [-0.05, 0) is 232 Å². The zero-order valence-electron chi connectivity index (χ0n) is 73.8. The molecular weight excluding hydrogens is 2040 g/mol. The first kappa shape index (κ1) is 111. The van der Waals surface area contributed by atoms with E-state index in [1.165, 1.54) is 108 Å². The molecule has 44 heteroatoms. The minimum Gasteiger partial charge on any atom is -0.497 e. The highest BCUT2D eigenvalue weighted by atomic mass is 79.9. The number of halogens is 19. The van der Waals surface area contributed by atoms with Crippen LogP contribution in [0.5, 0.6) is 57.5 Å². The van der Waals surface area contributed by atoms with Crippen molar-refractivity contribution in [3.8, 4) is 114 Å². The molecule has 0 bridgehead atoms. The Morgan fingerprint density at radius 2 is 0.687 bits per heavy atom. The molecule has 0 aliphatic carbocycles. The Hall–Kier alpha value is -10.2. The number of pyridine rings is 5. The lowest BCUT2D eigenvalue weighted by Crippen LogP contribution is -2.31. The zero-order valence-corrected chi connectivity index (χ0v) is 81.2. The van der Waals surface area contributed by atoms with Crippen LogP contribution in [0.25, 0.3) is 45.0 Å². The van der Waals surface area contributed by atoms with Crippen LogP contribution in [0.1, 0.15) is 54.3 Å². The number of hydrogen-bond donors (Lipinski definition) is 5. The van der Waals surface area contributed by atoms with Gasteiger partial charge in [-0.3, -0.25) is 9.97 Å². The van der Waals surface area contributed by atoms with Gasteiger partial charge >= 0.3 is 38.9 Å². The van der Waals surface area contributed by atoms with Gasteiger partial charge in [0, 0.05) is 119 Å². The van der Waals surface area contributed by atoms with E-state index in [9.17, 15) is 65.9 Å². The van der Waals surface area contributed by atoms with E-state index in [1.54, 1.807) is 39.9 Å². The molecule has 0 aliphatic rings. The summed E-state index contributed by atoms with van der Waals surface area (Å²) in [6, 6.07) is 28.5. The number of aromatic nitrogens is 5. The molecule has 0 radical (unpaired) electrons. The minimum absolute atomic E-state index is 0.0350. The van der Waals surface area contributed by atoms with Crippen molar-refractivity contribution in [1.82, 2.24) is 24.9 Å². The van der Waals surface area contributed by atoms with Gasteiger partial charge in [0.05, 0.1) is 101 Å². The Morgan fingerprint density at radius 1 is 0.374 bits per heavy atom. The van der Waals surface area contributed by atoms with Crippen LogP contribution in [-0.2, 0) is 14.2 Å². The average Bonchev–Trinajstić information content (AvgIpc) is 0.786. The lowest BCUT2D eigenvalue weighted by molar-refractivity contribution is -0.275. The van der Waals surface area contributed by atoms with Crippen molar-refractivity contribution >= 4 is 101 Å².